The predicted molar refractivity (Wildman–Crippen MR) is 125 cm³/mol. The van der Waals surface area contributed by atoms with Gasteiger partial charge in [0.1, 0.15) is 5.75 Å². The van der Waals surface area contributed by atoms with E-state index in [0.717, 1.165) is 39.3 Å². The SMILES string of the molecule is CCC(Cc1ccc(OCC2CCCC2)c(-c2ccc3c(c2)sc(=N)n3C)c1)C(=O)O. The lowest BCUT2D eigenvalue weighted by Crippen LogP contribution is -2.15. The number of aromatic nitrogens is 1. The van der Waals surface area contributed by atoms with Crippen LogP contribution in [0.25, 0.3) is 21.3 Å². The minimum Gasteiger partial charge on any atom is -0.493 e. The summed E-state index contributed by atoms with van der Waals surface area (Å²) in [6.45, 7) is 2.65. The lowest BCUT2D eigenvalue weighted by molar-refractivity contribution is -0.141. The number of benzene rings is 2. The van der Waals surface area contributed by atoms with Crippen molar-refractivity contribution in [2.24, 2.45) is 18.9 Å². The fraction of sp³-hybridized carbons (Fsp3) is 0.440. The molecule has 31 heavy (non-hydrogen) atoms. The van der Waals surface area contributed by atoms with Crippen LogP contribution in [0.5, 0.6) is 5.75 Å². The molecule has 0 radical (unpaired) electrons. The molecule has 5 nitrogen and oxygen atoms in total. The molecule has 1 aromatic heterocycles. The van der Waals surface area contributed by atoms with Crippen molar-refractivity contribution in [1.82, 2.24) is 4.57 Å². The average Bonchev–Trinajstić information content (AvgIpc) is 3.38. The number of hydrogen-bond donors (Lipinski definition) is 2. The number of aliphatic carboxylic acids is 1. The Hall–Kier alpha value is -2.60. The quantitative estimate of drug-likeness (QED) is 0.480. The first-order valence-corrected chi connectivity index (χ1v) is 11.9. The van der Waals surface area contributed by atoms with Gasteiger partial charge in [0.2, 0.25) is 0 Å². The number of carboxylic acids is 1. The minimum absolute atomic E-state index is 0.386. The van der Waals surface area contributed by atoms with Crippen molar-refractivity contribution in [3.05, 3.63) is 46.8 Å². The molecule has 6 heteroatoms. The number of aryl methyl sites for hydroxylation is 1. The molecule has 0 aliphatic heterocycles. The highest BCUT2D eigenvalue weighted by atomic mass is 32.1. The van der Waals surface area contributed by atoms with E-state index in [-0.39, 0.29) is 5.92 Å². The molecule has 1 heterocycles. The maximum Gasteiger partial charge on any atom is 0.306 e. The van der Waals surface area contributed by atoms with Gasteiger partial charge in [0.25, 0.3) is 0 Å². The third-order valence-corrected chi connectivity index (χ3v) is 7.47. The fourth-order valence-electron chi connectivity index (χ4n) is 4.45. The molecule has 1 aliphatic carbocycles. The number of carboxylic acid groups (broad SMARTS) is 1. The number of nitrogens with zero attached hydrogens (tertiary/aromatic N) is 1. The first-order valence-electron chi connectivity index (χ1n) is 11.1. The van der Waals surface area contributed by atoms with Gasteiger partial charge in [-0.2, -0.15) is 0 Å². The van der Waals surface area contributed by atoms with E-state index in [4.69, 9.17) is 10.1 Å². The fourth-order valence-corrected chi connectivity index (χ4v) is 5.39. The van der Waals surface area contributed by atoms with E-state index in [1.807, 2.05) is 30.7 Å². The maximum atomic E-state index is 11.5. The summed E-state index contributed by atoms with van der Waals surface area (Å²) in [5.41, 5.74) is 4.09. The van der Waals surface area contributed by atoms with Crippen LogP contribution in [0.15, 0.2) is 36.4 Å². The van der Waals surface area contributed by atoms with Crippen LogP contribution in [0.1, 0.15) is 44.6 Å². The Kier molecular flexibility index (Phi) is 6.46. The molecule has 1 unspecified atom stereocenters. The summed E-state index contributed by atoms with van der Waals surface area (Å²) in [7, 11) is 1.91. The zero-order valence-electron chi connectivity index (χ0n) is 18.2. The van der Waals surface area contributed by atoms with Crippen LogP contribution < -0.4 is 9.54 Å². The second-order valence-corrected chi connectivity index (χ2v) is 9.62. The van der Waals surface area contributed by atoms with E-state index >= 15 is 0 Å². The van der Waals surface area contributed by atoms with Crippen LogP contribution in [0.4, 0.5) is 0 Å². The molecular formula is C25H30N2O3S. The van der Waals surface area contributed by atoms with Crippen molar-refractivity contribution < 1.29 is 14.6 Å². The summed E-state index contributed by atoms with van der Waals surface area (Å²) in [6.07, 6.45) is 6.15. The van der Waals surface area contributed by atoms with Crippen molar-refractivity contribution in [2.45, 2.75) is 45.4 Å². The van der Waals surface area contributed by atoms with Gasteiger partial charge in [-0.05, 0) is 67.0 Å². The summed E-state index contributed by atoms with van der Waals surface area (Å²) in [5.74, 6) is 0.336. The summed E-state index contributed by atoms with van der Waals surface area (Å²) in [6, 6.07) is 12.3. The minimum atomic E-state index is -0.749. The third kappa shape index (κ3) is 4.69. The summed E-state index contributed by atoms with van der Waals surface area (Å²) >= 11 is 1.46. The molecule has 1 fully saturated rings. The second kappa shape index (κ2) is 9.27. The summed E-state index contributed by atoms with van der Waals surface area (Å²) < 4.78 is 9.24. The molecular weight excluding hydrogens is 408 g/mol. The Morgan fingerprint density at radius 3 is 2.74 bits per heavy atom. The number of carbonyl (C=O) groups is 1. The van der Waals surface area contributed by atoms with Crippen LogP contribution in [0, 0.1) is 17.2 Å². The second-order valence-electron chi connectivity index (χ2n) is 8.59. The Balaban J connectivity index is 1.71. The van der Waals surface area contributed by atoms with Crippen molar-refractivity contribution >= 4 is 27.5 Å². The van der Waals surface area contributed by atoms with Crippen LogP contribution in [0.2, 0.25) is 0 Å². The molecule has 2 N–H and O–H groups in total. The third-order valence-electron chi connectivity index (χ3n) is 6.46. The van der Waals surface area contributed by atoms with Crippen LogP contribution in [-0.4, -0.2) is 22.2 Å². The molecule has 1 atom stereocenters. The summed E-state index contributed by atoms with van der Waals surface area (Å²) in [4.78, 5) is 12.1. The van der Waals surface area contributed by atoms with E-state index in [0.29, 0.717) is 23.6 Å². The number of rotatable bonds is 8. The van der Waals surface area contributed by atoms with E-state index in [9.17, 15) is 9.90 Å². The molecule has 4 rings (SSSR count). The first-order chi connectivity index (χ1) is 15.0. The van der Waals surface area contributed by atoms with E-state index in [1.54, 1.807) is 0 Å². The monoisotopic (exact) mass is 438 g/mol. The van der Waals surface area contributed by atoms with Gasteiger partial charge in [-0.1, -0.05) is 43.2 Å². The highest BCUT2D eigenvalue weighted by Crippen LogP contribution is 2.35. The van der Waals surface area contributed by atoms with Gasteiger partial charge in [0.05, 0.1) is 22.7 Å². The smallest absolute Gasteiger partial charge is 0.306 e. The van der Waals surface area contributed by atoms with E-state index < -0.39 is 5.97 Å². The Labute approximate surface area is 186 Å². The molecule has 1 saturated carbocycles. The zero-order valence-corrected chi connectivity index (χ0v) is 19.0. The lowest BCUT2D eigenvalue weighted by atomic mass is 9.94. The van der Waals surface area contributed by atoms with E-state index in [2.05, 4.69) is 24.3 Å². The van der Waals surface area contributed by atoms with Crippen molar-refractivity contribution in [2.75, 3.05) is 6.61 Å². The van der Waals surface area contributed by atoms with Crippen LogP contribution >= 0.6 is 11.3 Å². The predicted octanol–water partition coefficient (Wildman–Crippen LogP) is 5.61. The Morgan fingerprint density at radius 2 is 2.03 bits per heavy atom. The first kappa shape index (κ1) is 21.6. The molecule has 0 amide bonds. The molecule has 0 saturated heterocycles. The Morgan fingerprint density at radius 1 is 1.26 bits per heavy atom. The standard InChI is InChI=1S/C25H30N2O3S/c1-3-18(24(28)29)12-17-8-11-22(30-15-16-6-4-5-7-16)20(13-17)19-9-10-21-23(14-19)31-25(26)27(21)2/h8-11,13-14,16,18,26H,3-7,12,15H2,1-2H3,(H,28,29). The normalized spacial score (nSPS) is 15.4. The molecule has 0 bridgehead atoms. The van der Waals surface area contributed by atoms with Gasteiger partial charge in [-0.3, -0.25) is 10.2 Å². The average molecular weight is 439 g/mol. The largest absolute Gasteiger partial charge is 0.493 e. The molecule has 1 aliphatic rings. The number of hydrogen-bond acceptors (Lipinski definition) is 4. The number of ether oxygens (including phenoxy) is 1. The van der Waals surface area contributed by atoms with Gasteiger partial charge < -0.3 is 14.4 Å². The van der Waals surface area contributed by atoms with Gasteiger partial charge in [-0.25, -0.2) is 0 Å². The van der Waals surface area contributed by atoms with Crippen molar-refractivity contribution in [1.29, 1.82) is 5.41 Å². The molecule has 2 aromatic carbocycles. The maximum absolute atomic E-state index is 11.5. The highest BCUT2D eigenvalue weighted by molar-refractivity contribution is 7.16. The molecule has 164 valence electrons. The zero-order chi connectivity index (χ0) is 22.0. The molecule has 3 aromatic rings. The number of thiazole rings is 1. The van der Waals surface area contributed by atoms with Crippen LogP contribution in [-0.2, 0) is 18.3 Å². The Bertz CT molecular complexity index is 1140. The molecule has 0 spiro atoms. The number of nitrogens with one attached hydrogen (secondary N) is 1. The highest BCUT2D eigenvalue weighted by Gasteiger charge is 2.19. The number of fused-ring (bicyclic) bond motifs is 1. The van der Waals surface area contributed by atoms with Gasteiger partial charge in [0, 0.05) is 12.6 Å². The summed E-state index contributed by atoms with van der Waals surface area (Å²) in [5, 5.41) is 17.6. The van der Waals surface area contributed by atoms with Crippen LogP contribution in [0.3, 0.4) is 0 Å². The van der Waals surface area contributed by atoms with Gasteiger partial charge >= 0.3 is 5.97 Å². The van der Waals surface area contributed by atoms with Gasteiger partial charge in [0.15, 0.2) is 4.80 Å². The van der Waals surface area contributed by atoms with Crippen molar-refractivity contribution in [3.63, 3.8) is 0 Å². The lowest BCUT2D eigenvalue weighted by Gasteiger charge is -2.17. The topological polar surface area (TPSA) is 75.3 Å². The van der Waals surface area contributed by atoms with Gasteiger partial charge in [-0.15, -0.1) is 0 Å². The van der Waals surface area contributed by atoms with Crippen molar-refractivity contribution in [3.8, 4) is 16.9 Å². The van der Waals surface area contributed by atoms with E-state index in [1.165, 1.54) is 37.0 Å².